The zero-order valence-electron chi connectivity index (χ0n) is 28.8. The monoisotopic (exact) mass is 749 g/mol. The van der Waals surface area contributed by atoms with Gasteiger partial charge < -0.3 is 58.7 Å². The number of hydrogen-bond acceptors (Lipinski definition) is 16. The Morgan fingerprint density at radius 1 is 0.904 bits per heavy atom. The second kappa shape index (κ2) is 13.5. The van der Waals surface area contributed by atoms with E-state index in [0.29, 0.717) is 17.2 Å². The Balaban J connectivity index is 0.000000870. The van der Waals surface area contributed by atoms with E-state index in [-0.39, 0.29) is 43.8 Å². The predicted molar refractivity (Wildman–Crippen MR) is 184 cm³/mol. The van der Waals surface area contributed by atoms with Crippen LogP contribution in [0.3, 0.4) is 0 Å². The highest BCUT2D eigenvalue weighted by atomic mass is 32.2. The molecule has 0 aliphatic carbocycles. The highest BCUT2D eigenvalue weighted by Gasteiger charge is 2.56. The van der Waals surface area contributed by atoms with Gasteiger partial charge in [0.15, 0.2) is 18.0 Å². The smallest absolute Gasteiger partial charge is 0.348 e. The Morgan fingerprint density at radius 3 is 2.19 bits per heavy atom. The quantitative estimate of drug-likeness (QED) is 0.0638. The van der Waals surface area contributed by atoms with Gasteiger partial charge in [-0.05, 0) is 45.4 Å². The molecule has 17 nitrogen and oxygen atoms in total. The van der Waals surface area contributed by atoms with Crippen LogP contribution in [0.25, 0.3) is 43.5 Å². The fourth-order valence-corrected chi connectivity index (χ4v) is 6.96. The second-order valence-corrected chi connectivity index (χ2v) is 14.7. The van der Waals surface area contributed by atoms with Crippen molar-refractivity contribution < 1.29 is 65.9 Å². The number of aromatic hydroxyl groups is 1. The highest BCUT2D eigenvalue weighted by Crippen LogP contribution is 2.46. The summed E-state index contributed by atoms with van der Waals surface area (Å²) in [7, 11) is -2.28. The lowest BCUT2D eigenvalue weighted by molar-refractivity contribution is -0.356. The van der Waals surface area contributed by atoms with Gasteiger partial charge in [0.05, 0.1) is 35.3 Å². The number of phenolic OH excluding ortho intramolecular Hbond substituents is 1. The van der Waals surface area contributed by atoms with Gasteiger partial charge in [-0.2, -0.15) is 8.42 Å². The van der Waals surface area contributed by atoms with Gasteiger partial charge in [0, 0.05) is 23.3 Å². The van der Waals surface area contributed by atoms with Gasteiger partial charge in [-0.25, -0.2) is 9.59 Å². The van der Waals surface area contributed by atoms with Crippen LogP contribution in [-0.4, -0.2) is 108 Å². The molecule has 0 amide bonds. The van der Waals surface area contributed by atoms with E-state index in [0.717, 1.165) is 0 Å². The number of methoxy groups -OCH3 is 1. The molecular formula is C34H39NO16S. The number of aliphatic hydroxyl groups is 3. The maximum absolute atomic E-state index is 13.4. The van der Waals surface area contributed by atoms with Crippen molar-refractivity contribution in [1.29, 1.82) is 0 Å². The molecule has 0 unspecified atom stereocenters. The summed E-state index contributed by atoms with van der Waals surface area (Å²) in [5, 5.41) is 45.3. The van der Waals surface area contributed by atoms with Gasteiger partial charge >= 0.3 is 11.3 Å². The molecule has 2 fully saturated rings. The molecule has 0 bridgehead atoms. The number of nitrogens with two attached hydrogens (primary N) is 1. The van der Waals surface area contributed by atoms with Crippen molar-refractivity contribution in [2.45, 2.75) is 88.5 Å². The Labute approximate surface area is 295 Å². The topological polar surface area (TPSA) is 268 Å². The van der Waals surface area contributed by atoms with Crippen molar-refractivity contribution in [3.8, 4) is 11.5 Å². The molecule has 282 valence electrons. The van der Waals surface area contributed by atoms with Crippen molar-refractivity contribution >= 4 is 53.6 Å². The van der Waals surface area contributed by atoms with Crippen LogP contribution < -0.4 is 21.7 Å². The van der Waals surface area contributed by atoms with E-state index < -0.39 is 88.0 Å². The molecule has 5 aromatic rings. The van der Waals surface area contributed by atoms with Crippen LogP contribution in [0.15, 0.2) is 48.8 Å². The SMILES string of the molecule is CO[C@@H]1[C@@H](N)[C@@H](O[C@H]2[C@H](Oc3cccc4c(O)c5c(=O)oc6ccc(C)c7c(=O)oc(c34)c5c67)O[C@H](C)[C@H](O)[C@]2(C)O)O[C@H](C)[C@@H]1O.CS(=O)(=O)O. The summed E-state index contributed by atoms with van der Waals surface area (Å²) in [6.45, 7) is 6.21. The molecular weight excluding hydrogens is 710 g/mol. The summed E-state index contributed by atoms with van der Waals surface area (Å²) in [6.07, 6.45) is -8.50. The molecule has 2 aliphatic heterocycles. The van der Waals surface area contributed by atoms with E-state index in [1.165, 1.54) is 33.1 Å². The van der Waals surface area contributed by atoms with Gasteiger partial charge in [0.1, 0.15) is 46.4 Å². The van der Waals surface area contributed by atoms with Gasteiger partial charge in [0.2, 0.25) is 6.29 Å². The third kappa shape index (κ3) is 6.38. The molecule has 10 atom stereocenters. The minimum absolute atomic E-state index is 0.0328. The number of fused-ring (bicyclic) bond motifs is 2. The number of aliphatic hydroxyl groups excluding tert-OH is 2. The van der Waals surface area contributed by atoms with Crippen molar-refractivity contribution in [2.75, 3.05) is 13.4 Å². The number of hydrogen-bond donors (Lipinski definition) is 6. The minimum Gasteiger partial charge on any atom is -0.506 e. The fourth-order valence-electron chi connectivity index (χ4n) is 6.96. The predicted octanol–water partition coefficient (Wildman–Crippen LogP) is 1.23. The first-order chi connectivity index (χ1) is 24.3. The van der Waals surface area contributed by atoms with Gasteiger partial charge in [0.25, 0.3) is 10.1 Å². The van der Waals surface area contributed by atoms with E-state index in [9.17, 15) is 38.4 Å². The van der Waals surface area contributed by atoms with Gasteiger partial charge in [-0.1, -0.05) is 18.2 Å². The summed E-state index contributed by atoms with van der Waals surface area (Å²) in [5.41, 5.74) is 3.52. The highest BCUT2D eigenvalue weighted by molar-refractivity contribution is 7.85. The lowest BCUT2D eigenvalue weighted by atomic mass is 9.86. The molecule has 0 radical (unpaired) electrons. The Hall–Kier alpha value is -3.95. The zero-order valence-corrected chi connectivity index (χ0v) is 29.6. The second-order valence-electron chi connectivity index (χ2n) is 13.3. The molecule has 3 aromatic carbocycles. The maximum atomic E-state index is 13.4. The van der Waals surface area contributed by atoms with Gasteiger partial charge in [-0.3, -0.25) is 4.55 Å². The Morgan fingerprint density at radius 2 is 1.54 bits per heavy atom. The van der Waals surface area contributed by atoms with Crippen molar-refractivity contribution in [2.24, 2.45) is 5.73 Å². The third-order valence-electron chi connectivity index (χ3n) is 9.52. The fraction of sp³-hybridized carbons (Fsp3) is 0.471. The molecule has 0 saturated carbocycles. The van der Waals surface area contributed by atoms with Gasteiger partial charge in [-0.15, -0.1) is 0 Å². The molecule has 0 spiro atoms. The average Bonchev–Trinajstić information content (AvgIpc) is 3.05. The minimum atomic E-state index is -3.67. The van der Waals surface area contributed by atoms with Crippen LogP contribution in [0, 0.1) is 6.92 Å². The summed E-state index contributed by atoms with van der Waals surface area (Å²) in [5.74, 6) is -0.386. The van der Waals surface area contributed by atoms with E-state index in [1.54, 1.807) is 32.0 Å². The number of benzene rings is 3. The molecule has 52 heavy (non-hydrogen) atoms. The van der Waals surface area contributed by atoms with Crippen LogP contribution in [0.4, 0.5) is 0 Å². The summed E-state index contributed by atoms with van der Waals surface area (Å²) < 4.78 is 67.1. The van der Waals surface area contributed by atoms with Crippen molar-refractivity contribution in [3.05, 3.63) is 56.7 Å². The molecule has 2 saturated heterocycles. The first-order valence-electron chi connectivity index (χ1n) is 16.1. The Kier molecular flexibility index (Phi) is 9.79. The van der Waals surface area contributed by atoms with Crippen LogP contribution in [0.5, 0.6) is 11.5 Å². The van der Waals surface area contributed by atoms with E-state index in [2.05, 4.69) is 0 Å². The lowest BCUT2D eigenvalue weighted by Crippen LogP contribution is -2.69. The van der Waals surface area contributed by atoms with Crippen LogP contribution in [-0.2, 0) is 29.1 Å². The van der Waals surface area contributed by atoms with Crippen molar-refractivity contribution in [1.82, 2.24) is 0 Å². The number of ether oxygens (including phenoxy) is 5. The number of aryl methyl sites for hydroxylation is 1. The largest absolute Gasteiger partial charge is 0.506 e. The normalized spacial score (nSPS) is 31.2. The number of phenols is 1. The van der Waals surface area contributed by atoms with Crippen LogP contribution in [0.1, 0.15) is 26.3 Å². The van der Waals surface area contributed by atoms with Crippen LogP contribution in [0.2, 0.25) is 0 Å². The van der Waals surface area contributed by atoms with E-state index >= 15 is 0 Å². The molecule has 2 aromatic heterocycles. The summed E-state index contributed by atoms with van der Waals surface area (Å²) in [4.78, 5) is 26.6. The third-order valence-corrected chi connectivity index (χ3v) is 9.52. The number of rotatable bonds is 5. The maximum Gasteiger partial charge on any atom is 0.348 e. The van der Waals surface area contributed by atoms with Crippen LogP contribution >= 0.6 is 0 Å². The zero-order chi connectivity index (χ0) is 38.2. The molecule has 7 rings (SSSR count). The van der Waals surface area contributed by atoms with E-state index in [4.69, 9.17) is 42.8 Å². The first-order valence-corrected chi connectivity index (χ1v) is 17.9. The molecule has 7 N–H and O–H groups in total. The first kappa shape index (κ1) is 37.8. The van der Waals surface area contributed by atoms with Crippen molar-refractivity contribution in [3.63, 3.8) is 0 Å². The molecule has 2 aliphatic rings. The average molecular weight is 750 g/mol. The van der Waals surface area contributed by atoms with E-state index in [1.807, 2.05) is 0 Å². The summed E-state index contributed by atoms with van der Waals surface area (Å²) >= 11 is 0. The summed E-state index contributed by atoms with van der Waals surface area (Å²) in [6, 6.07) is 6.77. The lowest BCUT2D eigenvalue weighted by Gasteiger charge is -2.50. The molecule has 18 heteroatoms. The molecule has 4 heterocycles. The standard InChI is InChI=1S/C33H35NO13.CH4O3S/c1-11-9-10-16-19-17(11)29(38)46-25-18-14(24(36)21(20(19)25)30(39)44-16)7-6-8-15(18)45-32-28(33(4,40)27(37)13(3)43-32)47-31-22(34)26(41-5)23(35)12(2)42-31;1-5(2,3)4/h6-10,12-13,22-23,26-28,31-32,35-37,40H,34H2,1-5H3;1H3,(H,2,3,4)/t12-,13-,22-,23+,26-,27+,28+,31-,32+,33+;/m1./s1. The Bertz CT molecular complexity index is 2360.